The number of methoxy groups -OCH3 is 1. The molecule has 1 atom stereocenters. The summed E-state index contributed by atoms with van der Waals surface area (Å²) in [5.74, 6) is 1.61. The predicted molar refractivity (Wildman–Crippen MR) is 98.2 cm³/mol. The molecule has 0 saturated carbocycles. The minimum absolute atomic E-state index is 0.580. The molecule has 0 amide bonds. The van der Waals surface area contributed by atoms with Gasteiger partial charge < -0.3 is 19.7 Å². The zero-order chi connectivity index (χ0) is 17.0. The minimum atomic E-state index is 0.580. The van der Waals surface area contributed by atoms with E-state index >= 15 is 0 Å². The molecule has 1 aromatic rings. The first-order valence-electron chi connectivity index (χ1n) is 8.97. The summed E-state index contributed by atoms with van der Waals surface area (Å²) in [5, 5.41) is 3.40. The van der Waals surface area contributed by atoms with E-state index in [1.165, 1.54) is 5.56 Å². The van der Waals surface area contributed by atoms with E-state index in [0.717, 1.165) is 58.2 Å². The summed E-state index contributed by atoms with van der Waals surface area (Å²) in [6.45, 7) is 8.16. The first-order valence-corrected chi connectivity index (χ1v) is 8.97. The van der Waals surface area contributed by atoms with Crippen molar-refractivity contribution in [2.45, 2.75) is 26.4 Å². The van der Waals surface area contributed by atoms with Crippen LogP contribution in [0.2, 0.25) is 0 Å². The molecule has 2 rings (SSSR count). The second-order valence-electron chi connectivity index (χ2n) is 6.18. The highest BCUT2D eigenvalue weighted by atomic mass is 16.5. The van der Waals surface area contributed by atoms with Crippen LogP contribution in [0.25, 0.3) is 0 Å². The molecule has 24 heavy (non-hydrogen) atoms. The molecule has 1 unspecified atom stereocenters. The van der Waals surface area contributed by atoms with E-state index < -0.39 is 0 Å². The Kier molecular flexibility index (Phi) is 8.63. The summed E-state index contributed by atoms with van der Waals surface area (Å²) >= 11 is 0. The molecule has 5 nitrogen and oxygen atoms in total. The van der Waals surface area contributed by atoms with Crippen molar-refractivity contribution >= 4 is 5.96 Å². The smallest absolute Gasteiger partial charge is 0.193 e. The third-order valence-corrected chi connectivity index (χ3v) is 4.15. The van der Waals surface area contributed by atoms with E-state index in [1.54, 1.807) is 7.11 Å². The highest BCUT2D eigenvalue weighted by Crippen LogP contribution is 2.17. The lowest BCUT2D eigenvalue weighted by Gasteiger charge is -2.21. The van der Waals surface area contributed by atoms with Gasteiger partial charge in [-0.05, 0) is 25.3 Å². The third kappa shape index (κ3) is 6.49. The SMILES string of the molecule is CCNC(=NCCCOC)N1CCC(COCc2ccccc2)C1. The van der Waals surface area contributed by atoms with Crippen molar-refractivity contribution in [3.8, 4) is 0 Å². The Hall–Kier alpha value is -1.59. The number of hydrogen-bond donors (Lipinski definition) is 1. The van der Waals surface area contributed by atoms with E-state index in [2.05, 4.69) is 41.4 Å². The molecule has 1 aromatic carbocycles. The van der Waals surface area contributed by atoms with Crippen LogP contribution in [0.5, 0.6) is 0 Å². The second-order valence-corrected chi connectivity index (χ2v) is 6.18. The van der Waals surface area contributed by atoms with Crippen LogP contribution in [0.4, 0.5) is 0 Å². The first-order chi connectivity index (χ1) is 11.8. The molecule has 0 spiro atoms. The summed E-state index contributed by atoms with van der Waals surface area (Å²) in [4.78, 5) is 7.06. The van der Waals surface area contributed by atoms with Gasteiger partial charge >= 0.3 is 0 Å². The monoisotopic (exact) mass is 333 g/mol. The Labute approximate surface area is 146 Å². The number of hydrogen-bond acceptors (Lipinski definition) is 3. The van der Waals surface area contributed by atoms with E-state index in [4.69, 9.17) is 14.5 Å². The molecular weight excluding hydrogens is 302 g/mol. The Morgan fingerprint density at radius 2 is 2.17 bits per heavy atom. The molecule has 1 aliphatic heterocycles. The highest BCUT2D eigenvalue weighted by molar-refractivity contribution is 5.80. The maximum atomic E-state index is 5.90. The predicted octanol–water partition coefficient (Wildman–Crippen LogP) is 2.53. The molecule has 0 aliphatic carbocycles. The van der Waals surface area contributed by atoms with Crippen LogP contribution in [0.15, 0.2) is 35.3 Å². The fourth-order valence-electron chi connectivity index (χ4n) is 2.90. The zero-order valence-electron chi connectivity index (χ0n) is 15.0. The Balaban J connectivity index is 1.73. The number of guanidine groups is 1. The van der Waals surface area contributed by atoms with Crippen LogP contribution in [0.3, 0.4) is 0 Å². The van der Waals surface area contributed by atoms with Crippen molar-refractivity contribution in [3.05, 3.63) is 35.9 Å². The number of likely N-dealkylation sites (tertiary alicyclic amines) is 1. The summed E-state index contributed by atoms with van der Waals surface area (Å²) < 4.78 is 11.0. The van der Waals surface area contributed by atoms with Gasteiger partial charge in [-0.1, -0.05) is 30.3 Å². The van der Waals surface area contributed by atoms with Crippen molar-refractivity contribution in [2.75, 3.05) is 46.5 Å². The molecule has 0 aromatic heterocycles. The first kappa shape index (κ1) is 18.7. The fraction of sp³-hybridized carbons (Fsp3) is 0.632. The molecule has 0 bridgehead atoms. The number of nitrogens with zero attached hydrogens (tertiary/aromatic N) is 2. The Bertz CT molecular complexity index is 479. The van der Waals surface area contributed by atoms with Crippen molar-refractivity contribution in [2.24, 2.45) is 10.9 Å². The lowest BCUT2D eigenvalue weighted by atomic mass is 10.1. The average Bonchev–Trinajstić information content (AvgIpc) is 3.07. The number of rotatable bonds is 9. The zero-order valence-corrected chi connectivity index (χ0v) is 15.0. The number of benzene rings is 1. The second kappa shape index (κ2) is 11.0. The van der Waals surface area contributed by atoms with Gasteiger partial charge in [0.25, 0.3) is 0 Å². The minimum Gasteiger partial charge on any atom is -0.385 e. The average molecular weight is 333 g/mol. The maximum absolute atomic E-state index is 5.90. The summed E-state index contributed by atoms with van der Waals surface area (Å²) in [6.07, 6.45) is 2.13. The van der Waals surface area contributed by atoms with Gasteiger partial charge in [0.2, 0.25) is 0 Å². The van der Waals surface area contributed by atoms with Crippen molar-refractivity contribution in [3.63, 3.8) is 0 Å². The van der Waals surface area contributed by atoms with E-state index in [-0.39, 0.29) is 0 Å². The van der Waals surface area contributed by atoms with Gasteiger partial charge in [-0.25, -0.2) is 0 Å². The molecule has 0 radical (unpaired) electrons. The summed E-state index contributed by atoms with van der Waals surface area (Å²) in [6, 6.07) is 10.4. The number of nitrogens with one attached hydrogen (secondary N) is 1. The van der Waals surface area contributed by atoms with Gasteiger partial charge in [0.15, 0.2) is 5.96 Å². The molecule has 1 aliphatic rings. The fourth-order valence-corrected chi connectivity index (χ4v) is 2.90. The Morgan fingerprint density at radius 1 is 1.33 bits per heavy atom. The van der Waals surface area contributed by atoms with E-state index in [1.807, 2.05) is 6.07 Å². The standard InChI is InChI=1S/C19H31N3O2/c1-3-20-19(21-11-7-13-23-2)22-12-10-18(14-22)16-24-15-17-8-5-4-6-9-17/h4-6,8-9,18H,3,7,10-16H2,1-2H3,(H,20,21). The van der Waals surface area contributed by atoms with Gasteiger partial charge in [0.1, 0.15) is 0 Å². The largest absolute Gasteiger partial charge is 0.385 e. The maximum Gasteiger partial charge on any atom is 0.193 e. The van der Waals surface area contributed by atoms with E-state index in [9.17, 15) is 0 Å². The van der Waals surface area contributed by atoms with Gasteiger partial charge in [-0.15, -0.1) is 0 Å². The quantitative estimate of drug-likeness (QED) is 0.428. The van der Waals surface area contributed by atoms with Crippen molar-refractivity contribution < 1.29 is 9.47 Å². The lowest BCUT2D eigenvalue weighted by molar-refractivity contribution is 0.0906. The van der Waals surface area contributed by atoms with Crippen LogP contribution in [0.1, 0.15) is 25.3 Å². The van der Waals surface area contributed by atoms with Crippen LogP contribution < -0.4 is 5.32 Å². The van der Waals surface area contributed by atoms with Crippen molar-refractivity contribution in [1.29, 1.82) is 0 Å². The molecule has 5 heteroatoms. The normalized spacial score (nSPS) is 18.2. The molecule has 1 N–H and O–H groups in total. The molecular formula is C19H31N3O2. The van der Waals surface area contributed by atoms with Gasteiger partial charge in [-0.2, -0.15) is 0 Å². The summed E-state index contributed by atoms with van der Waals surface area (Å²) in [5.41, 5.74) is 1.24. The third-order valence-electron chi connectivity index (χ3n) is 4.15. The van der Waals surface area contributed by atoms with Gasteiger partial charge in [0, 0.05) is 45.8 Å². The van der Waals surface area contributed by atoms with Gasteiger partial charge in [-0.3, -0.25) is 4.99 Å². The Morgan fingerprint density at radius 3 is 2.92 bits per heavy atom. The molecule has 1 fully saturated rings. The topological polar surface area (TPSA) is 46.1 Å². The number of ether oxygens (including phenoxy) is 2. The number of aliphatic imine (C=N–C) groups is 1. The molecule has 1 saturated heterocycles. The van der Waals surface area contributed by atoms with Crippen LogP contribution in [-0.2, 0) is 16.1 Å². The molecule has 1 heterocycles. The molecule has 134 valence electrons. The van der Waals surface area contributed by atoms with Crippen LogP contribution in [-0.4, -0.2) is 57.4 Å². The highest BCUT2D eigenvalue weighted by Gasteiger charge is 2.24. The van der Waals surface area contributed by atoms with Gasteiger partial charge in [0.05, 0.1) is 13.2 Å². The van der Waals surface area contributed by atoms with Crippen LogP contribution >= 0.6 is 0 Å². The van der Waals surface area contributed by atoms with Crippen LogP contribution in [0, 0.1) is 5.92 Å². The lowest BCUT2D eigenvalue weighted by Crippen LogP contribution is -2.40. The van der Waals surface area contributed by atoms with E-state index in [0.29, 0.717) is 12.5 Å². The van der Waals surface area contributed by atoms with Crippen molar-refractivity contribution in [1.82, 2.24) is 10.2 Å². The summed E-state index contributed by atoms with van der Waals surface area (Å²) in [7, 11) is 1.73.